The maximum atomic E-state index is 12.0. The number of carbonyl (C=O) groups excluding carboxylic acids is 1. The molecule has 0 heterocycles. The third kappa shape index (κ3) is 2.88. The summed E-state index contributed by atoms with van der Waals surface area (Å²) in [6.07, 6.45) is 3.97. The molecule has 1 saturated carbocycles. The molecule has 0 spiro atoms. The fraction of sp³-hybridized carbons (Fsp3) is 0.429. The van der Waals surface area contributed by atoms with E-state index in [0.29, 0.717) is 17.5 Å². The first-order valence-electron chi connectivity index (χ1n) is 6.22. The van der Waals surface area contributed by atoms with Gasteiger partial charge in [0, 0.05) is 18.7 Å². The smallest absolute Gasteiger partial charge is 0.226 e. The van der Waals surface area contributed by atoms with Crippen molar-refractivity contribution in [2.75, 3.05) is 7.05 Å². The third-order valence-corrected chi connectivity index (χ3v) is 3.85. The van der Waals surface area contributed by atoms with Gasteiger partial charge in [0.25, 0.3) is 0 Å². The highest BCUT2D eigenvalue weighted by atomic mass is 32.1. The molecule has 0 bridgehead atoms. The average Bonchev–Trinajstić information content (AvgIpc) is 2.27. The number of benzene rings is 1. The molecule has 1 aromatic carbocycles. The molecule has 0 unspecified atom stereocenters. The lowest BCUT2D eigenvalue weighted by Gasteiger charge is -2.34. The van der Waals surface area contributed by atoms with Gasteiger partial charge in [0.15, 0.2) is 0 Å². The maximum Gasteiger partial charge on any atom is 0.226 e. The first-order chi connectivity index (χ1) is 8.58. The molecular formula is C14H18N2OS. The van der Waals surface area contributed by atoms with Crippen molar-refractivity contribution < 1.29 is 4.79 Å². The first kappa shape index (κ1) is 13.0. The summed E-state index contributed by atoms with van der Waals surface area (Å²) >= 11 is 4.89. The van der Waals surface area contributed by atoms with Crippen LogP contribution in [0.2, 0.25) is 0 Å². The number of nitrogens with zero attached hydrogens (tertiary/aromatic N) is 1. The Morgan fingerprint density at radius 3 is 2.44 bits per heavy atom. The van der Waals surface area contributed by atoms with E-state index in [1.165, 1.54) is 6.42 Å². The Morgan fingerprint density at radius 1 is 1.39 bits per heavy atom. The zero-order chi connectivity index (χ0) is 13.1. The second-order valence-corrected chi connectivity index (χ2v) is 5.27. The van der Waals surface area contributed by atoms with Gasteiger partial charge in [-0.05, 0) is 24.8 Å². The minimum Gasteiger partial charge on any atom is -0.389 e. The second kappa shape index (κ2) is 5.48. The fourth-order valence-corrected chi connectivity index (χ4v) is 2.20. The van der Waals surface area contributed by atoms with Crippen LogP contribution in [0.4, 0.5) is 0 Å². The van der Waals surface area contributed by atoms with Gasteiger partial charge < -0.3 is 10.6 Å². The molecule has 3 nitrogen and oxygen atoms in total. The SMILES string of the molecule is CN(C(=O)Cc1ccc(C(N)=S)cc1)C1CCC1. The molecule has 1 amide bonds. The van der Waals surface area contributed by atoms with Gasteiger partial charge in [-0.1, -0.05) is 36.5 Å². The van der Waals surface area contributed by atoms with Crippen LogP contribution in [-0.2, 0) is 11.2 Å². The van der Waals surface area contributed by atoms with Crippen molar-refractivity contribution in [3.05, 3.63) is 35.4 Å². The van der Waals surface area contributed by atoms with E-state index in [0.717, 1.165) is 24.0 Å². The Labute approximate surface area is 113 Å². The molecule has 0 aromatic heterocycles. The van der Waals surface area contributed by atoms with Gasteiger partial charge in [-0.25, -0.2) is 0 Å². The van der Waals surface area contributed by atoms with Crippen molar-refractivity contribution in [1.82, 2.24) is 4.90 Å². The van der Waals surface area contributed by atoms with E-state index >= 15 is 0 Å². The summed E-state index contributed by atoms with van der Waals surface area (Å²) in [7, 11) is 1.90. The number of rotatable bonds is 4. The molecule has 0 saturated heterocycles. The maximum absolute atomic E-state index is 12.0. The largest absolute Gasteiger partial charge is 0.389 e. The molecule has 1 aliphatic rings. The van der Waals surface area contributed by atoms with Gasteiger partial charge in [-0.15, -0.1) is 0 Å². The molecule has 0 radical (unpaired) electrons. The van der Waals surface area contributed by atoms with Crippen molar-refractivity contribution in [3.8, 4) is 0 Å². The predicted octanol–water partition coefficient (Wildman–Crippen LogP) is 1.87. The Bertz CT molecular complexity index is 451. The lowest BCUT2D eigenvalue weighted by molar-refractivity contribution is -0.132. The predicted molar refractivity (Wildman–Crippen MR) is 76.4 cm³/mol. The minimum atomic E-state index is 0.183. The van der Waals surface area contributed by atoms with E-state index < -0.39 is 0 Å². The van der Waals surface area contributed by atoms with Crippen molar-refractivity contribution in [1.29, 1.82) is 0 Å². The Kier molecular flexibility index (Phi) is 3.97. The number of likely N-dealkylation sites (N-methyl/N-ethyl adjacent to an activating group) is 1. The lowest BCUT2D eigenvalue weighted by atomic mass is 9.91. The first-order valence-corrected chi connectivity index (χ1v) is 6.63. The highest BCUT2D eigenvalue weighted by molar-refractivity contribution is 7.80. The number of nitrogens with two attached hydrogens (primary N) is 1. The number of carbonyl (C=O) groups is 1. The summed E-state index contributed by atoms with van der Waals surface area (Å²) in [6, 6.07) is 8.03. The van der Waals surface area contributed by atoms with E-state index in [1.807, 2.05) is 36.2 Å². The fourth-order valence-electron chi connectivity index (χ4n) is 2.06. The number of thiocarbonyl (C=S) groups is 1. The highest BCUT2D eigenvalue weighted by Crippen LogP contribution is 2.24. The number of amides is 1. The molecular weight excluding hydrogens is 244 g/mol. The van der Waals surface area contributed by atoms with Crippen LogP contribution in [0.5, 0.6) is 0 Å². The summed E-state index contributed by atoms with van der Waals surface area (Å²) in [4.78, 5) is 14.3. The van der Waals surface area contributed by atoms with E-state index in [1.54, 1.807) is 0 Å². The Hall–Kier alpha value is -1.42. The van der Waals surface area contributed by atoms with Crippen molar-refractivity contribution in [2.24, 2.45) is 5.73 Å². The van der Waals surface area contributed by atoms with Gasteiger partial charge in [0.2, 0.25) is 5.91 Å². The molecule has 2 N–H and O–H groups in total. The van der Waals surface area contributed by atoms with Crippen molar-refractivity contribution in [2.45, 2.75) is 31.7 Å². The molecule has 1 aliphatic carbocycles. The number of hydrogen-bond donors (Lipinski definition) is 1. The molecule has 2 rings (SSSR count). The molecule has 0 aliphatic heterocycles. The molecule has 1 fully saturated rings. The Balaban J connectivity index is 1.96. The van der Waals surface area contributed by atoms with Gasteiger partial charge in [0.05, 0.1) is 6.42 Å². The molecule has 0 atom stereocenters. The average molecular weight is 262 g/mol. The van der Waals surface area contributed by atoms with Gasteiger partial charge >= 0.3 is 0 Å². The van der Waals surface area contributed by atoms with Crippen LogP contribution in [0.1, 0.15) is 30.4 Å². The zero-order valence-corrected chi connectivity index (χ0v) is 11.4. The van der Waals surface area contributed by atoms with Crippen LogP contribution in [0, 0.1) is 0 Å². The second-order valence-electron chi connectivity index (χ2n) is 4.83. The Morgan fingerprint density at radius 2 is 2.00 bits per heavy atom. The van der Waals surface area contributed by atoms with Crippen LogP contribution >= 0.6 is 12.2 Å². The molecule has 1 aromatic rings. The zero-order valence-electron chi connectivity index (χ0n) is 10.6. The van der Waals surface area contributed by atoms with Crippen molar-refractivity contribution in [3.63, 3.8) is 0 Å². The summed E-state index contributed by atoms with van der Waals surface area (Å²) in [6.45, 7) is 0. The summed E-state index contributed by atoms with van der Waals surface area (Å²) in [5, 5.41) is 0. The number of hydrogen-bond acceptors (Lipinski definition) is 2. The highest BCUT2D eigenvalue weighted by Gasteiger charge is 2.25. The van der Waals surface area contributed by atoms with E-state index in [4.69, 9.17) is 18.0 Å². The van der Waals surface area contributed by atoms with Crippen LogP contribution < -0.4 is 5.73 Å². The molecule has 96 valence electrons. The molecule has 4 heteroatoms. The van der Waals surface area contributed by atoms with Gasteiger partial charge in [-0.2, -0.15) is 0 Å². The topological polar surface area (TPSA) is 46.3 Å². The summed E-state index contributed by atoms with van der Waals surface area (Å²) < 4.78 is 0. The molecule has 18 heavy (non-hydrogen) atoms. The van der Waals surface area contributed by atoms with Crippen LogP contribution in [0.15, 0.2) is 24.3 Å². The normalized spacial score (nSPS) is 14.9. The van der Waals surface area contributed by atoms with E-state index in [-0.39, 0.29) is 5.91 Å². The van der Waals surface area contributed by atoms with Crippen LogP contribution in [-0.4, -0.2) is 28.9 Å². The minimum absolute atomic E-state index is 0.183. The quantitative estimate of drug-likeness (QED) is 0.843. The summed E-state index contributed by atoms with van der Waals surface area (Å²) in [5.74, 6) is 0.183. The van der Waals surface area contributed by atoms with Gasteiger partial charge in [0.1, 0.15) is 4.99 Å². The van der Waals surface area contributed by atoms with Crippen LogP contribution in [0.3, 0.4) is 0 Å². The van der Waals surface area contributed by atoms with E-state index in [9.17, 15) is 4.79 Å². The van der Waals surface area contributed by atoms with Crippen molar-refractivity contribution >= 4 is 23.1 Å². The van der Waals surface area contributed by atoms with E-state index in [2.05, 4.69) is 0 Å². The monoisotopic (exact) mass is 262 g/mol. The lowest BCUT2D eigenvalue weighted by Crippen LogP contribution is -2.42. The standard InChI is InChI=1S/C14H18N2OS/c1-16(12-3-2-4-12)13(17)9-10-5-7-11(8-6-10)14(15)18/h5-8,12H,2-4,9H2,1H3,(H2,15,18). The van der Waals surface area contributed by atoms with Gasteiger partial charge in [-0.3, -0.25) is 4.79 Å². The summed E-state index contributed by atoms with van der Waals surface area (Å²) in [5.41, 5.74) is 7.38. The third-order valence-electron chi connectivity index (χ3n) is 3.61. The van der Waals surface area contributed by atoms with Crippen LogP contribution in [0.25, 0.3) is 0 Å².